The molecule has 3 saturated carbocycles. The second-order valence-corrected chi connectivity index (χ2v) is 12.5. The predicted molar refractivity (Wildman–Crippen MR) is 135 cm³/mol. The third kappa shape index (κ3) is 6.56. The van der Waals surface area contributed by atoms with Gasteiger partial charge in [0.15, 0.2) is 0 Å². The molecule has 2 nitrogen and oxygen atoms in total. The van der Waals surface area contributed by atoms with Gasteiger partial charge < -0.3 is 10.6 Å². The molecule has 35 heavy (non-hydrogen) atoms. The zero-order valence-corrected chi connectivity index (χ0v) is 22.0. The number of hydrogen-bond donors (Lipinski definition) is 2. The molecule has 0 aromatic heterocycles. The number of halogens is 4. The van der Waals surface area contributed by atoms with E-state index in [1.54, 1.807) is 0 Å². The molecule has 4 aliphatic rings. The molecule has 0 amide bonds. The van der Waals surface area contributed by atoms with E-state index in [2.05, 4.69) is 17.6 Å². The van der Waals surface area contributed by atoms with E-state index in [9.17, 15) is 8.78 Å². The Labute approximate surface area is 211 Å². The average Bonchev–Trinajstić information content (AvgIpc) is 2.88. The van der Waals surface area contributed by atoms with Crippen molar-refractivity contribution in [2.24, 2.45) is 41.4 Å². The van der Waals surface area contributed by atoms with Gasteiger partial charge >= 0.3 is 0 Å². The summed E-state index contributed by atoms with van der Waals surface area (Å²) in [6.07, 6.45) is 6.21. The fourth-order valence-electron chi connectivity index (χ4n) is 7.94. The van der Waals surface area contributed by atoms with Crippen LogP contribution in [0.4, 0.5) is 17.6 Å². The van der Waals surface area contributed by atoms with Gasteiger partial charge in [-0.25, -0.2) is 17.6 Å². The third-order valence-electron chi connectivity index (χ3n) is 10.4. The summed E-state index contributed by atoms with van der Waals surface area (Å²) in [6.45, 7) is 5.98. The summed E-state index contributed by atoms with van der Waals surface area (Å²) in [6, 6.07) is 0. The second-order valence-electron chi connectivity index (χ2n) is 12.5. The molecule has 3 aliphatic carbocycles. The Kier molecular flexibility index (Phi) is 10.2. The van der Waals surface area contributed by atoms with Crippen LogP contribution in [0, 0.1) is 41.4 Å². The first-order valence-electron chi connectivity index (χ1n) is 15.0. The maximum absolute atomic E-state index is 15.1. The Morgan fingerprint density at radius 2 is 1.14 bits per heavy atom. The predicted octanol–water partition coefficient (Wildman–Crippen LogP) is 7.32. The molecule has 0 spiro atoms. The van der Waals surface area contributed by atoms with Gasteiger partial charge in [0.1, 0.15) is 24.7 Å². The van der Waals surface area contributed by atoms with Crippen molar-refractivity contribution in [3.63, 3.8) is 0 Å². The standard InChI is InChI=1S/C29H50F4N2/c1-3-5-21-12-14-23(27(32)25(21)30)20-9-6-19(7-10-20)8-11-22-13-15-24(28(33)26(22)31)29-34-16-18(4-2)17-35-29/h18-29,34-35H,3-17H2,1-2H3. The van der Waals surface area contributed by atoms with Crippen molar-refractivity contribution in [2.75, 3.05) is 13.1 Å². The zero-order valence-electron chi connectivity index (χ0n) is 22.0. The number of rotatable bonds is 8. The first-order chi connectivity index (χ1) is 16.9. The fraction of sp³-hybridized carbons (Fsp3) is 1.00. The SMILES string of the molecule is CCCC1CCC(C2CCC(CCC3CCC(C4NCC(CC)CN4)C(F)C3F)CC2)C(F)C1F. The Balaban J connectivity index is 1.18. The van der Waals surface area contributed by atoms with Crippen molar-refractivity contribution in [2.45, 2.75) is 128 Å². The Hall–Kier alpha value is -0.360. The van der Waals surface area contributed by atoms with Crippen LogP contribution in [0.15, 0.2) is 0 Å². The molecular weight excluding hydrogens is 452 g/mol. The molecule has 8 unspecified atom stereocenters. The van der Waals surface area contributed by atoms with Gasteiger partial charge in [-0.05, 0) is 86.9 Å². The van der Waals surface area contributed by atoms with Crippen LogP contribution in [-0.2, 0) is 0 Å². The second kappa shape index (κ2) is 12.9. The molecule has 1 heterocycles. The molecule has 4 fully saturated rings. The average molecular weight is 503 g/mol. The van der Waals surface area contributed by atoms with E-state index >= 15 is 8.78 Å². The van der Waals surface area contributed by atoms with Crippen LogP contribution in [0.1, 0.15) is 97.3 Å². The van der Waals surface area contributed by atoms with Gasteiger partial charge in [-0.15, -0.1) is 0 Å². The van der Waals surface area contributed by atoms with Gasteiger partial charge in [-0.2, -0.15) is 0 Å². The van der Waals surface area contributed by atoms with E-state index in [-0.39, 0.29) is 29.8 Å². The van der Waals surface area contributed by atoms with Gasteiger partial charge in [0, 0.05) is 19.0 Å². The van der Waals surface area contributed by atoms with E-state index in [4.69, 9.17) is 0 Å². The Morgan fingerprint density at radius 3 is 1.74 bits per heavy atom. The summed E-state index contributed by atoms with van der Waals surface area (Å²) in [4.78, 5) is 0. The molecule has 0 radical (unpaired) electrons. The lowest BCUT2D eigenvalue weighted by atomic mass is 9.66. The molecule has 1 aliphatic heterocycles. The number of hydrogen-bond acceptors (Lipinski definition) is 2. The van der Waals surface area contributed by atoms with Gasteiger partial charge in [0.05, 0.1) is 6.17 Å². The summed E-state index contributed by atoms with van der Waals surface area (Å²) in [7, 11) is 0. The van der Waals surface area contributed by atoms with E-state index in [1.807, 2.05) is 6.92 Å². The molecule has 6 heteroatoms. The minimum absolute atomic E-state index is 0.0939. The molecule has 0 aromatic carbocycles. The Bertz CT molecular complexity index is 620. The molecule has 0 aromatic rings. The molecule has 4 rings (SSSR count). The molecule has 1 saturated heterocycles. The highest BCUT2D eigenvalue weighted by atomic mass is 19.2. The lowest BCUT2D eigenvalue weighted by Gasteiger charge is -2.43. The van der Waals surface area contributed by atoms with Crippen LogP contribution in [0.25, 0.3) is 0 Å². The highest BCUT2D eigenvalue weighted by Crippen LogP contribution is 2.46. The highest BCUT2D eigenvalue weighted by molar-refractivity contribution is 4.95. The van der Waals surface area contributed by atoms with Crippen molar-refractivity contribution in [1.29, 1.82) is 0 Å². The fourth-order valence-corrected chi connectivity index (χ4v) is 7.94. The van der Waals surface area contributed by atoms with E-state index in [1.165, 1.54) is 0 Å². The lowest BCUT2D eigenvalue weighted by Crippen LogP contribution is -2.60. The maximum atomic E-state index is 15.1. The van der Waals surface area contributed by atoms with Crippen LogP contribution >= 0.6 is 0 Å². The monoisotopic (exact) mass is 502 g/mol. The number of nitrogens with one attached hydrogen (secondary N) is 2. The zero-order chi connectivity index (χ0) is 24.9. The van der Waals surface area contributed by atoms with E-state index in [0.29, 0.717) is 17.8 Å². The Morgan fingerprint density at radius 1 is 0.571 bits per heavy atom. The van der Waals surface area contributed by atoms with Gasteiger partial charge in [0.2, 0.25) is 0 Å². The van der Waals surface area contributed by atoms with Crippen LogP contribution in [0.3, 0.4) is 0 Å². The largest absolute Gasteiger partial charge is 0.301 e. The van der Waals surface area contributed by atoms with Crippen LogP contribution in [-0.4, -0.2) is 43.9 Å². The van der Waals surface area contributed by atoms with Crippen molar-refractivity contribution >= 4 is 0 Å². The minimum Gasteiger partial charge on any atom is -0.301 e. The first kappa shape index (κ1) is 27.7. The van der Waals surface area contributed by atoms with Crippen LogP contribution < -0.4 is 10.6 Å². The van der Waals surface area contributed by atoms with E-state index in [0.717, 1.165) is 96.6 Å². The highest BCUT2D eigenvalue weighted by Gasteiger charge is 2.45. The number of alkyl halides is 4. The minimum atomic E-state index is -1.40. The van der Waals surface area contributed by atoms with Gasteiger partial charge in [-0.1, -0.05) is 46.0 Å². The molecule has 0 bridgehead atoms. The molecule has 2 N–H and O–H groups in total. The quantitative estimate of drug-likeness (QED) is 0.340. The lowest BCUT2D eigenvalue weighted by molar-refractivity contribution is -0.0171. The molecule has 204 valence electrons. The first-order valence-corrected chi connectivity index (χ1v) is 15.0. The van der Waals surface area contributed by atoms with Crippen molar-refractivity contribution in [1.82, 2.24) is 10.6 Å². The van der Waals surface area contributed by atoms with Crippen molar-refractivity contribution in [3.05, 3.63) is 0 Å². The maximum Gasteiger partial charge on any atom is 0.137 e. The van der Waals surface area contributed by atoms with Gasteiger partial charge in [0.25, 0.3) is 0 Å². The summed E-state index contributed by atoms with van der Waals surface area (Å²) in [5.74, 6) is 0.719. The van der Waals surface area contributed by atoms with Crippen LogP contribution in [0.5, 0.6) is 0 Å². The summed E-state index contributed by atoms with van der Waals surface area (Å²) in [5, 5.41) is 6.83. The molecular formula is C29H50F4N2. The van der Waals surface area contributed by atoms with Crippen molar-refractivity contribution in [3.8, 4) is 0 Å². The van der Waals surface area contributed by atoms with Gasteiger partial charge in [-0.3, -0.25) is 0 Å². The smallest absolute Gasteiger partial charge is 0.137 e. The summed E-state index contributed by atoms with van der Waals surface area (Å²) in [5.41, 5.74) is 0. The normalized spacial score (nSPS) is 47.5. The molecule has 8 atom stereocenters. The van der Waals surface area contributed by atoms with Crippen LogP contribution in [0.2, 0.25) is 0 Å². The summed E-state index contributed by atoms with van der Waals surface area (Å²) >= 11 is 0. The summed E-state index contributed by atoms with van der Waals surface area (Å²) < 4.78 is 59.8. The third-order valence-corrected chi connectivity index (χ3v) is 10.4. The van der Waals surface area contributed by atoms with Crippen molar-refractivity contribution < 1.29 is 17.6 Å². The topological polar surface area (TPSA) is 24.1 Å². The van der Waals surface area contributed by atoms with E-state index < -0.39 is 24.7 Å².